The summed E-state index contributed by atoms with van der Waals surface area (Å²) in [6.07, 6.45) is -8.74. The second-order valence-electron chi connectivity index (χ2n) is 8.39. The highest BCUT2D eigenvalue weighted by atomic mass is 19.4. The van der Waals surface area contributed by atoms with Crippen molar-refractivity contribution in [1.82, 2.24) is 4.90 Å². The molecule has 1 saturated heterocycles. The molecule has 1 aliphatic heterocycles. The van der Waals surface area contributed by atoms with E-state index in [0.717, 1.165) is 12.5 Å². The van der Waals surface area contributed by atoms with Gasteiger partial charge in [-0.25, -0.2) is 9.59 Å². The number of guanidine groups is 1. The second-order valence-corrected chi connectivity index (χ2v) is 8.39. The molecule has 0 unspecified atom stereocenters. The molecule has 0 saturated carbocycles. The molecule has 1 aliphatic rings. The number of alkyl halides is 6. The topological polar surface area (TPSA) is 115 Å². The standard InChI is InChI=1S/C23H27F3N4O3.C2HF3O2/c1-33-14-4-9-27-22(28-19-7-2-5-17(15-19)21(31)32)30-12-10-29(11-13-30)20-8-3-6-18(16-20)23(24,25)26;3-2(4,5)1(6)7/h2-3,5-8,15-16H,4,9-14H2,1H3,(H,27,28)(H,31,32);(H,6,7). The van der Waals surface area contributed by atoms with Crippen molar-refractivity contribution in [2.75, 3.05) is 56.7 Å². The van der Waals surface area contributed by atoms with Crippen LogP contribution >= 0.6 is 0 Å². The Kier molecular flexibility index (Phi) is 11.6. The first-order valence-corrected chi connectivity index (χ1v) is 11.8. The van der Waals surface area contributed by atoms with Gasteiger partial charge in [-0.3, -0.25) is 4.99 Å². The predicted molar refractivity (Wildman–Crippen MR) is 135 cm³/mol. The van der Waals surface area contributed by atoms with Crippen LogP contribution in [0.15, 0.2) is 53.5 Å². The lowest BCUT2D eigenvalue weighted by Gasteiger charge is -2.38. The Morgan fingerprint density at radius 1 is 0.975 bits per heavy atom. The summed E-state index contributed by atoms with van der Waals surface area (Å²) < 4.78 is 76.0. The Hall–Kier alpha value is -4.01. The van der Waals surface area contributed by atoms with E-state index in [0.29, 0.717) is 56.7 Å². The van der Waals surface area contributed by atoms with Crippen LogP contribution in [0.2, 0.25) is 0 Å². The van der Waals surface area contributed by atoms with Crippen LogP contribution in [0.4, 0.5) is 37.7 Å². The number of ether oxygens (including phenoxy) is 1. The van der Waals surface area contributed by atoms with Gasteiger partial charge in [0.25, 0.3) is 0 Å². The quantitative estimate of drug-likeness (QED) is 0.188. The maximum absolute atomic E-state index is 13.1. The zero-order chi connectivity index (χ0) is 29.9. The number of aromatic carboxylic acids is 1. The highest BCUT2D eigenvalue weighted by Crippen LogP contribution is 2.32. The Bertz CT molecular complexity index is 1160. The van der Waals surface area contributed by atoms with E-state index in [1.807, 2.05) is 9.80 Å². The number of rotatable bonds is 7. The zero-order valence-electron chi connectivity index (χ0n) is 21.3. The van der Waals surface area contributed by atoms with Crippen molar-refractivity contribution in [2.45, 2.75) is 18.8 Å². The predicted octanol–water partition coefficient (Wildman–Crippen LogP) is 4.66. The van der Waals surface area contributed by atoms with Crippen molar-refractivity contribution in [3.05, 3.63) is 59.7 Å². The van der Waals surface area contributed by atoms with E-state index >= 15 is 0 Å². The molecule has 0 spiro atoms. The average molecular weight is 579 g/mol. The van der Waals surface area contributed by atoms with Crippen LogP contribution in [0.1, 0.15) is 22.3 Å². The molecule has 40 heavy (non-hydrogen) atoms. The number of halogens is 6. The van der Waals surface area contributed by atoms with Crippen LogP contribution < -0.4 is 10.2 Å². The van der Waals surface area contributed by atoms with Crippen molar-refractivity contribution in [3.8, 4) is 0 Å². The van der Waals surface area contributed by atoms with Gasteiger partial charge in [0.05, 0.1) is 11.1 Å². The number of nitrogens with one attached hydrogen (secondary N) is 1. The molecule has 9 nitrogen and oxygen atoms in total. The minimum Gasteiger partial charge on any atom is -0.478 e. The van der Waals surface area contributed by atoms with Gasteiger partial charge in [-0.1, -0.05) is 12.1 Å². The molecule has 0 amide bonds. The van der Waals surface area contributed by atoms with E-state index in [9.17, 15) is 36.2 Å². The lowest BCUT2D eigenvalue weighted by molar-refractivity contribution is -0.192. The van der Waals surface area contributed by atoms with Crippen molar-refractivity contribution < 1.29 is 50.9 Å². The Morgan fingerprint density at radius 2 is 1.60 bits per heavy atom. The molecule has 0 atom stereocenters. The zero-order valence-corrected chi connectivity index (χ0v) is 21.3. The van der Waals surface area contributed by atoms with Crippen molar-refractivity contribution >= 4 is 29.3 Å². The minimum absolute atomic E-state index is 0.160. The maximum Gasteiger partial charge on any atom is 0.490 e. The van der Waals surface area contributed by atoms with Gasteiger partial charge in [-0.05, 0) is 42.8 Å². The largest absolute Gasteiger partial charge is 0.490 e. The highest BCUT2D eigenvalue weighted by Gasteiger charge is 2.38. The molecular formula is C25H28F6N4O5. The SMILES string of the molecule is COCCCN=C(Nc1cccc(C(=O)O)c1)N1CCN(c2cccc(C(F)(F)F)c2)CC1.O=C(O)C(F)(F)F. The normalized spacial score (nSPS) is 14.3. The number of carboxylic acids is 2. The van der Waals surface area contributed by atoms with E-state index in [1.165, 1.54) is 24.3 Å². The second kappa shape index (κ2) is 14.4. The van der Waals surface area contributed by atoms with Crippen LogP contribution in [0.5, 0.6) is 0 Å². The number of hydrogen-bond donors (Lipinski definition) is 3. The van der Waals surface area contributed by atoms with Gasteiger partial charge in [0.1, 0.15) is 0 Å². The molecule has 0 bridgehead atoms. The number of carboxylic acid groups (broad SMARTS) is 2. The molecule has 15 heteroatoms. The first kappa shape index (κ1) is 32.2. The number of nitrogens with zero attached hydrogens (tertiary/aromatic N) is 3. The molecule has 2 aromatic rings. The summed E-state index contributed by atoms with van der Waals surface area (Å²) in [7, 11) is 1.62. The summed E-state index contributed by atoms with van der Waals surface area (Å²) in [6, 6.07) is 11.8. The summed E-state index contributed by atoms with van der Waals surface area (Å²) in [6.45, 7) is 3.22. The van der Waals surface area contributed by atoms with E-state index in [-0.39, 0.29) is 5.56 Å². The summed E-state index contributed by atoms with van der Waals surface area (Å²) in [5.41, 5.74) is 0.627. The number of methoxy groups -OCH3 is 1. The molecule has 0 aliphatic carbocycles. The fourth-order valence-corrected chi connectivity index (χ4v) is 3.53. The van der Waals surface area contributed by atoms with Gasteiger partial charge in [0.15, 0.2) is 5.96 Å². The van der Waals surface area contributed by atoms with Crippen LogP contribution in [0, 0.1) is 0 Å². The fourth-order valence-electron chi connectivity index (χ4n) is 3.53. The first-order chi connectivity index (χ1) is 18.7. The van der Waals surface area contributed by atoms with Gasteiger partial charge in [0, 0.05) is 57.8 Å². The Morgan fingerprint density at radius 3 is 2.15 bits per heavy atom. The number of piperazine rings is 1. The number of benzene rings is 2. The smallest absolute Gasteiger partial charge is 0.478 e. The van der Waals surface area contributed by atoms with Crippen LogP contribution in [-0.2, 0) is 15.7 Å². The number of carbonyl (C=O) groups is 2. The molecule has 3 N–H and O–H groups in total. The van der Waals surface area contributed by atoms with E-state index in [1.54, 1.807) is 25.3 Å². The van der Waals surface area contributed by atoms with Gasteiger partial charge in [-0.15, -0.1) is 0 Å². The van der Waals surface area contributed by atoms with Crippen molar-refractivity contribution in [1.29, 1.82) is 0 Å². The summed E-state index contributed by atoms with van der Waals surface area (Å²) in [5.74, 6) is -3.18. The molecular weight excluding hydrogens is 550 g/mol. The lowest BCUT2D eigenvalue weighted by atomic mass is 10.1. The molecule has 2 aromatic carbocycles. The lowest BCUT2D eigenvalue weighted by Crippen LogP contribution is -2.50. The minimum atomic E-state index is -5.08. The van der Waals surface area contributed by atoms with Gasteiger partial charge >= 0.3 is 24.3 Å². The monoisotopic (exact) mass is 578 g/mol. The van der Waals surface area contributed by atoms with Crippen molar-refractivity contribution in [2.24, 2.45) is 4.99 Å². The first-order valence-electron chi connectivity index (χ1n) is 11.8. The van der Waals surface area contributed by atoms with E-state index in [4.69, 9.17) is 14.6 Å². The van der Waals surface area contributed by atoms with Crippen LogP contribution in [0.25, 0.3) is 0 Å². The molecule has 220 valence electrons. The third-order valence-corrected chi connectivity index (χ3v) is 5.49. The molecule has 1 fully saturated rings. The van der Waals surface area contributed by atoms with Crippen LogP contribution in [0.3, 0.4) is 0 Å². The summed E-state index contributed by atoms with van der Waals surface area (Å²) in [4.78, 5) is 28.7. The van der Waals surface area contributed by atoms with Crippen LogP contribution in [-0.4, -0.2) is 85.6 Å². The van der Waals surface area contributed by atoms with Crippen molar-refractivity contribution in [3.63, 3.8) is 0 Å². The summed E-state index contributed by atoms with van der Waals surface area (Å²) in [5, 5.41) is 19.6. The number of aliphatic carboxylic acids is 1. The fraction of sp³-hybridized carbons (Fsp3) is 0.400. The van der Waals surface area contributed by atoms with Gasteiger partial charge in [0.2, 0.25) is 0 Å². The summed E-state index contributed by atoms with van der Waals surface area (Å²) >= 11 is 0. The number of aliphatic imine (C=N–C) groups is 1. The Labute approximate surface area is 225 Å². The third-order valence-electron chi connectivity index (χ3n) is 5.49. The molecule has 1 heterocycles. The molecule has 3 rings (SSSR count). The van der Waals surface area contributed by atoms with Gasteiger partial charge < -0.3 is 30.1 Å². The number of anilines is 2. The maximum atomic E-state index is 13.1. The number of hydrogen-bond acceptors (Lipinski definition) is 5. The highest BCUT2D eigenvalue weighted by molar-refractivity contribution is 5.96. The molecule has 0 radical (unpaired) electrons. The average Bonchev–Trinajstić information content (AvgIpc) is 2.90. The Balaban J connectivity index is 0.000000708. The van der Waals surface area contributed by atoms with Gasteiger partial charge in [-0.2, -0.15) is 26.3 Å². The van der Waals surface area contributed by atoms with E-state index < -0.39 is 29.9 Å². The third kappa shape index (κ3) is 10.3. The molecule has 0 aromatic heterocycles. The van der Waals surface area contributed by atoms with E-state index in [2.05, 4.69) is 10.3 Å².